The normalized spacial score (nSPS) is 16.5. The Morgan fingerprint density at radius 3 is 2.22 bits per heavy atom. The quantitative estimate of drug-likeness (QED) is 0.381. The van der Waals surface area contributed by atoms with Crippen LogP contribution >= 0.6 is 0 Å². The Hall–Kier alpha value is -2.45. The summed E-state index contributed by atoms with van der Waals surface area (Å²) in [6.45, 7) is 5.07. The first-order valence-corrected chi connectivity index (χ1v) is 8.89. The number of rotatable bonds is 10. The highest BCUT2D eigenvalue weighted by Crippen LogP contribution is 2.12. The lowest BCUT2D eigenvalue weighted by atomic mass is 9.99. The van der Waals surface area contributed by atoms with Gasteiger partial charge in [0.05, 0.1) is 12.1 Å². The van der Waals surface area contributed by atoms with Gasteiger partial charge in [-0.05, 0) is 30.5 Å². The first-order chi connectivity index (χ1) is 12.7. The van der Waals surface area contributed by atoms with Crippen LogP contribution in [0.25, 0.3) is 0 Å². The van der Waals surface area contributed by atoms with Crippen LogP contribution in [-0.4, -0.2) is 52.5 Å². The van der Waals surface area contributed by atoms with Crippen molar-refractivity contribution in [2.45, 2.75) is 57.8 Å². The summed E-state index contributed by atoms with van der Waals surface area (Å²) in [4.78, 5) is 36.0. The minimum atomic E-state index is -1.19. The highest BCUT2D eigenvalue weighted by atomic mass is 16.3. The van der Waals surface area contributed by atoms with Gasteiger partial charge in [-0.15, -0.1) is 0 Å². The average Bonchev–Trinajstić information content (AvgIpc) is 2.65. The van der Waals surface area contributed by atoms with E-state index in [4.69, 9.17) is 5.73 Å². The van der Waals surface area contributed by atoms with Crippen molar-refractivity contribution in [2.24, 2.45) is 11.7 Å². The predicted molar refractivity (Wildman–Crippen MR) is 100 cm³/mol. The van der Waals surface area contributed by atoms with E-state index in [2.05, 4.69) is 10.6 Å². The second-order valence-corrected chi connectivity index (χ2v) is 6.69. The van der Waals surface area contributed by atoms with Gasteiger partial charge in [-0.3, -0.25) is 14.4 Å². The monoisotopic (exact) mass is 378 g/mol. The van der Waals surface area contributed by atoms with Gasteiger partial charge in [-0.2, -0.15) is 0 Å². The molecule has 0 heterocycles. The maximum atomic E-state index is 12.7. The zero-order chi connectivity index (χ0) is 20.6. The van der Waals surface area contributed by atoms with Crippen LogP contribution in [0.5, 0.6) is 5.75 Å². The molecule has 0 aromatic heterocycles. The first-order valence-electron chi connectivity index (χ1n) is 8.89. The summed E-state index contributed by atoms with van der Waals surface area (Å²) < 4.78 is 0. The van der Waals surface area contributed by atoms with E-state index in [0.717, 1.165) is 0 Å². The number of nitrogens with two attached hydrogens (primary N) is 1. The minimum absolute atomic E-state index is 0.0762. The minimum Gasteiger partial charge on any atom is -0.508 e. The Morgan fingerprint density at radius 2 is 1.74 bits per heavy atom. The van der Waals surface area contributed by atoms with Crippen LogP contribution in [0.3, 0.4) is 0 Å². The van der Waals surface area contributed by atoms with E-state index in [9.17, 15) is 24.6 Å². The molecule has 0 unspecified atom stereocenters. The van der Waals surface area contributed by atoms with Crippen molar-refractivity contribution < 1.29 is 24.6 Å². The summed E-state index contributed by atoms with van der Waals surface area (Å²) in [6, 6.07) is 3.17. The number of hydrogen-bond donors (Lipinski definition) is 5. The van der Waals surface area contributed by atoms with Gasteiger partial charge in [-0.25, -0.2) is 0 Å². The molecule has 1 aromatic rings. The van der Waals surface area contributed by atoms with Crippen molar-refractivity contribution in [3.63, 3.8) is 0 Å². The Kier molecular flexibility index (Phi) is 8.90. The molecule has 8 nitrogen and oxygen atoms in total. The standard InChI is InChI=1S/C19H28N3O5/c1-4-11(2)16(10-23)22-18(26)15(21-19(27)17(20)12(3)24)9-13-5-7-14(25)8-6-13/h5-8,11-12,15-17,24-25H,4,9,20H2,1-3H3,(H,21,27)(H,22,26)/t11-,12+,15-,16+,17-/m0/s1. The van der Waals surface area contributed by atoms with Crippen molar-refractivity contribution in [3.05, 3.63) is 29.8 Å². The molecule has 0 aliphatic carbocycles. The molecule has 0 bridgehead atoms. The van der Waals surface area contributed by atoms with Crippen molar-refractivity contribution >= 4 is 18.1 Å². The molecule has 2 amide bonds. The predicted octanol–water partition coefficient (Wildman–Crippen LogP) is -0.232. The van der Waals surface area contributed by atoms with Crippen molar-refractivity contribution in [2.75, 3.05) is 0 Å². The number of hydrogen-bond acceptors (Lipinski definition) is 6. The number of benzene rings is 1. The van der Waals surface area contributed by atoms with Gasteiger partial charge in [0.2, 0.25) is 18.1 Å². The second-order valence-electron chi connectivity index (χ2n) is 6.69. The van der Waals surface area contributed by atoms with E-state index < -0.39 is 36.0 Å². The lowest BCUT2D eigenvalue weighted by Crippen LogP contribution is -2.56. The summed E-state index contributed by atoms with van der Waals surface area (Å²) in [5.41, 5.74) is 6.32. The smallest absolute Gasteiger partial charge is 0.243 e. The van der Waals surface area contributed by atoms with E-state index in [1.54, 1.807) is 12.1 Å². The largest absolute Gasteiger partial charge is 0.508 e. The zero-order valence-corrected chi connectivity index (χ0v) is 15.8. The summed E-state index contributed by atoms with van der Waals surface area (Å²) in [5, 5.41) is 24.0. The van der Waals surface area contributed by atoms with Gasteiger partial charge in [0.15, 0.2) is 0 Å². The molecule has 6 N–H and O–H groups in total. The molecule has 0 saturated carbocycles. The molecule has 0 aliphatic heterocycles. The van der Waals surface area contributed by atoms with Gasteiger partial charge in [-0.1, -0.05) is 32.4 Å². The molecule has 1 radical (unpaired) electrons. The van der Waals surface area contributed by atoms with Gasteiger partial charge in [0.1, 0.15) is 17.8 Å². The van der Waals surface area contributed by atoms with Crippen LogP contribution in [0.2, 0.25) is 0 Å². The number of aliphatic hydroxyl groups is 1. The third-order valence-electron chi connectivity index (χ3n) is 4.47. The van der Waals surface area contributed by atoms with Gasteiger partial charge in [0, 0.05) is 6.42 Å². The van der Waals surface area contributed by atoms with E-state index in [-0.39, 0.29) is 18.1 Å². The second kappa shape index (κ2) is 10.6. The molecule has 5 atom stereocenters. The maximum absolute atomic E-state index is 12.7. The van der Waals surface area contributed by atoms with Crippen LogP contribution < -0.4 is 16.4 Å². The van der Waals surface area contributed by atoms with Gasteiger partial charge < -0.3 is 26.6 Å². The number of carbonyl (C=O) groups excluding carboxylic acids is 3. The third kappa shape index (κ3) is 6.99. The number of aliphatic hydroxyl groups excluding tert-OH is 1. The molecule has 1 aromatic carbocycles. The molecule has 0 spiro atoms. The average molecular weight is 378 g/mol. The number of aromatic hydroxyl groups is 1. The fraction of sp³-hybridized carbons (Fsp3) is 0.526. The molecule has 27 heavy (non-hydrogen) atoms. The fourth-order valence-electron chi connectivity index (χ4n) is 2.34. The molecule has 0 aliphatic rings. The van der Waals surface area contributed by atoms with Crippen LogP contribution in [0.15, 0.2) is 24.3 Å². The van der Waals surface area contributed by atoms with E-state index in [0.29, 0.717) is 12.0 Å². The van der Waals surface area contributed by atoms with Crippen molar-refractivity contribution in [1.82, 2.24) is 10.6 Å². The van der Waals surface area contributed by atoms with Crippen LogP contribution in [0.1, 0.15) is 32.8 Å². The Labute approximate surface area is 159 Å². The van der Waals surface area contributed by atoms with E-state index >= 15 is 0 Å². The summed E-state index contributed by atoms with van der Waals surface area (Å²) in [7, 11) is 0. The first kappa shape index (κ1) is 22.6. The van der Waals surface area contributed by atoms with Gasteiger partial charge >= 0.3 is 0 Å². The number of nitrogens with one attached hydrogen (secondary N) is 2. The lowest BCUT2D eigenvalue weighted by Gasteiger charge is -2.25. The molecule has 0 saturated heterocycles. The summed E-state index contributed by atoms with van der Waals surface area (Å²) in [6.07, 6.45) is 1.52. The highest BCUT2D eigenvalue weighted by molar-refractivity contribution is 5.91. The Bertz CT molecular complexity index is 633. The highest BCUT2D eigenvalue weighted by Gasteiger charge is 2.28. The molecule has 0 fully saturated rings. The topological polar surface area (TPSA) is 142 Å². The molecular formula is C19H28N3O5. The van der Waals surface area contributed by atoms with Crippen LogP contribution in [0, 0.1) is 5.92 Å². The lowest BCUT2D eigenvalue weighted by molar-refractivity contribution is -0.131. The molecule has 149 valence electrons. The number of phenols is 1. The summed E-state index contributed by atoms with van der Waals surface area (Å²) in [5.74, 6) is -1.27. The molecule has 1 rings (SSSR count). The number of amides is 2. The van der Waals surface area contributed by atoms with Crippen LogP contribution in [0.4, 0.5) is 0 Å². The Balaban J connectivity index is 2.97. The molecule has 8 heteroatoms. The molecular weight excluding hydrogens is 350 g/mol. The van der Waals surface area contributed by atoms with Gasteiger partial charge in [0.25, 0.3) is 0 Å². The summed E-state index contributed by atoms with van der Waals surface area (Å²) >= 11 is 0. The maximum Gasteiger partial charge on any atom is 0.243 e. The van der Waals surface area contributed by atoms with Crippen molar-refractivity contribution in [1.29, 1.82) is 0 Å². The van der Waals surface area contributed by atoms with Crippen molar-refractivity contribution in [3.8, 4) is 5.75 Å². The Morgan fingerprint density at radius 1 is 1.15 bits per heavy atom. The van der Waals surface area contributed by atoms with E-state index in [1.807, 2.05) is 20.1 Å². The third-order valence-corrected chi connectivity index (χ3v) is 4.47. The SMILES string of the molecule is CC[C@H](C)[C@@H]([C]=O)NC(=O)[C@H](Cc1ccc(O)cc1)NC(=O)[C@@H](N)[C@@H](C)O. The zero-order valence-electron chi connectivity index (χ0n) is 15.8. The number of phenolic OH excluding ortho intramolecular Hbond substituents is 1. The van der Waals surface area contributed by atoms with E-state index in [1.165, 1.54) is 19.1 Å². The number of carbonyl (C=O) groups is 2. The van der Waals surface area contributed by atoms with Crippen LogP contribution in [-0.2, 0) is 20.8 Å². The fourth-order valence-corrected chi connectivity index (χ4v) is 2.34.